The molecule has 0 amide bonds. The Labute approximate surface area is 412 Å². The molecule has 0 heterocycles. The normalized spacial score (nSPS) is 12.9. The van der Waals surface area contributed by atoms with Crippen LogP contribution in [0.25, 0.3) is 0 Å². The average molecular weight is 929 g/mol. The molecule has 0 aliphatic heterocycles. The second-order valence-electron chi connectivity index (χ2n) is 17.8. The zero-order valence-corrected chi connectivity index (χ0v) is 43.4. The molecule has 0 aromatic rings. The molecule has 0 aliphatic carbocycles. The number of hydrogen-bond donors (Lipinski definition) is 0. The van der Waals surface area contributed by atoms with Crippen LogP contribution in [0.15, 0.2) is 109 Å². The molecule has 1 unspecified atom stereocenters. The monoisotopic (exact) mass is 929 g/mol. The molecule has 0 aromatic carbocycles. The van der Waals surface area contributed by atoms with Gasteiger partial charge in [-0.3, -0.25) is 14.4 Å². The van der Waals surface area contributed by atoms with Crippen LogP contribution < -0.4 is 0 Å². The zero-order chi connectivity index (χ0) is 48.6. The van der Waals surface area contributed by atoms with Crippen molar-refractivity contribution in [3.05, 3.63) is 109 Å². The maximum absolute atomic E-state index is 12.8. The van der Waals surface area contributed by atoms with Crippen LogP contribution in [0, 0.1) is 0 Å². The van der Waals surface area contributed by atoms with Gasteiger partial charge in [-0.2, -0.15) is 0 Å². The molecule has 0 spiro atoms. The van der Waals surface area contributed by atoms with Gasteiger partial charge in [-0.15, -0.1) is 0 Å². The number of ether oxygens (including phenoxy) is 3. The van der Waals surface area contributed by atoms with Gasteiger partial charge in [0.25, 0.3) is 0 Å². The van der Waals surface area contributed by atoms with Crippen molar-refractivity contribution in [2.45, 2.75) is 245 Å². The summed E-state index contributed by atoms with van der Waals surface area (Å²) in [4.78, 5) is 37.9. The first-order chi connectivity index (χ1) is 33.0. The molecule has 1 atom stereocenters. The predicted octanol–water partition coefficient (Wildman–Crippen LogP) is 18.3. The third kappa shape index (κ3) is 52.9. The second kappa shape index (κ2) is 54.7. The Hall–Kier alpha value is -3.93. The molecule has 0 fully saturated rings. The molecule has 380 valence electrons. The highest BCUT2D eigenvalue weighted by Crippen LogP contribution is 2.14. The van der Waals surface area contributed by atoms with E-state index in [1.54, 1.807) is 0 Å². The van der Waals surface area contributed by atoms with Crippen molar-refractivity contribution < 1.29 is 28.6 Å². The zero-order valence-electron chi connectivity index (χ0n) is 43.4. The van der Waals surface area contributed by atoms with Crippen molar-refractivity contribution in [1.29, 1.82) is 0 Å². The number of hydrogen-bond acceptors (Lipinski definition) is 6. The predicted molar refractivity (Wildman–Crippen MR) is 288 cm³/mol. The van der Waals surface area contributed by atoms with Crippen molar-refractivity contribution in [3.63, 3.8) is 0 Å². The van der Waals surface area contributed by atoms with E-state index in [4.69, 9.17) is 14.2 Å². The average Bonchev–Trinajstić information content (AvgIpc) is 3.33. The highest BCUT2D eigenvalue weighted by molar-refractivity contribution is 5.71. The number of unbranched alkanes of at least 4 members (excludes halogenated alkanes) is 19. The van der Waals surface area contributed by atoms with Gasteiger partial charge < -0.3 is 14.2 Å². The van der Waals surface area contributed by atoms with Gasteiger partial charge in [-0.1, -0.05) is 226 Å². The van der Waals surface area contributed by atoms with Crippen molar-refractivity contribution in [2.24, 2.45) is 0 Å². The molecule has 0 saturated heterocycles. The molecule has 0 aromatic heterocycles. The Balaban J connectivity index is 4.36. The first kappa shape index (κ1) is 63.1. The minimum absolute atomic E-state index is 0.0950. The Morgan fingerprint density at radius 1 is 0.313 bits per heavy atom. The van der Waals surface area contributed by atoms with Gasteiger partial charge in [-0.05, 0) is 103 Å². The van der Waals surface area contributed by atoms with Crippen LogP contribution in [-0.4, -0.2) is 37.2 Å². The van der Waals surface area contributed by atoms with E-state index in [9.17, 15) is 14.4 Å². The van der Waals surface area contributed by atoms with Gasteiger partial charge in [0.2, 0.25) is 0 Å². The van der Waals surface area contributed by atoms with Crippen LogP contribution in [-0.2, 0) is 28.6 Å². The lowest BCUT2D eigenvalue weighted by atomic mass is 10.1. The molecule has 0 rings (SSSR count). The van der Waals surface area contributed by atoms with E-state index >= 15 is 0 Å². The SMILES string of the molecule is CC/C=C\C/C=C\C/C=C\C/C=C\C/C=C\C/C=C\C/C=C\C/C=C\CCCCC(=O)OCC(COC(=O)CCCCCCCCCCCCC)OC(=O)CCCCCCC/C=C\CCCC. The molecule has 6 heteroatoms. The van der Waals surface area contributed by atoms with Crippen LogP contribution in [0.5, 0.6) is 0 Å². The lowest BCUT2D eigenvalue weighted by Crippen LogP contribution is -2.30. The van der Waals surface area contributed by atoms with E-state index in [1.807, 2.05) is 0 Å². The van der Waals surface area contributed by atoms with Gasteiger partial charge in [0.1, 0.15) is 13.2 Å². The van der Waals surface area contributed by atoms with Crippen LogP contribution in [0.2, 0.25) is 0 Å². The van der Waals surface area contributed by atoms with E-state index in [1.165, 1.54) is 77.0 Å². The summed E-state index contributed by atoms with van der Waals surface area (Å²) in [7, 11) is 0. The van der Waals surface area contributed by atoms with Crippen molar-refractivity contribution in [2.75, 3.05) is 13.2 Å². The van der Waals surface area contributed by atoms with E-state index in [2.05, 4.69) is 130 Å². The van der Waals surface area contributed by atoms with E-state index in [-0.39, 0.29) is 31.1 Å². The van der Waals surface area contributed by atoms with Crippen LogP contribution in [0.3, 0.4) is 0 Å². The van der Waals surface area contributed by atoms with E-state index < -0.39 is 6.10 Å². The molecule has 0 N–H and O–H groups in total. The highest BCUT2D eigenvalue weighted by atomic mass is 16.6. The lowest BCUT2D eigenvalue weighted by molar-refractivity contribution is -0.167. The number of carbonyl (C=O) groups is 3. The standard InChI is InChI=1S/C61H100O6/c1-4-7-10-13-16-19-22-23-24-25-26-27-28-29-30-31-32-33-34-35-36-37-40-42-45-48-51-54-60(63)66-57-58(67-61(64)55-52-49-46-43-39-21-18-15-12-9-6-3)56-65-59(62)53-50-47-44-41-38-20-17-14-11-8-5-2/h7,10,15-16,18-19,23-24,26-27,29-30,32-33,35-36,40,42,58H,4-6,8-9,11-14,17,20-22,25,28,31,34,37-39,41,43-57H2,1-3H3/b10-7-,18-15-,19-16-,24-23-,27-26-,30-29-,33-32-,36-35-,42-40-. The maximum atomic E-state index is 12.8. The minimum atomic E-state index is -0.799. The molecule has 6 nitrogen and oxygen atoms in total. The number of esters is 3. The van der Waals surface area contributed by atoms with Gasteiger partial charge in [0.15, 0.2) is 6.10 Å². The Morgan fingerprint density at radius 2 is 0.597 bits per heavy atom. The summed E-state index contributed by atoms with van der Waals surface area (Å²) in [5.41, 5.74) is 0. The number of allylic oxidation sites excluding steroid dienone is 18. The number of rotatable bonds is 48. The first-order valence-electron chi connectivity index (χ1n) is 27.4. The van der Waals surface area contributed by atoms with Gasteiger partial charge >= 0.3 is 17.9 Å². The summed E-state index contributed by atoms with van der Waals surface area (Å²) >= 11 is 0. The fraction of sp³-hybridized carbons (Fsp3) is 0.656. The molecule has 0 bridgehead atoms. The van der Waals surface area contributed by atoms with Crippen LogP contribution in [0.4, 0.5) is 0 Å². The summed E-state index contributed by atoms with van der Waals surface area (Å²) in [5, 5.41) is 0. The van der Waals surface area contributed by atoms with Crippen LogP contribution in [0.1, 0.15) is 239 Å². The molecular weight excluding hydrogens is 829 g/mol. The third-order valence-corrected chi connectivity index (χ3v) is 11.3. The lowest BCUT2D eigenvalue weighted by Gasteiger charge is -2.18. The van der Waals surface area contributed by atoms with E-state index in [0.29, 0.717) is 19.3 Å². The summed E-state index contributed by atoms with van der Waals surface area (Å²) in [6.07, 6.45) is 73.7. The largest absolute Gasteiger partial charge is 0.462 e. The minimum Gasteiger partial charge on any atom is -0.462 e. The van der Waals surface area contributed by atoms with Gasteiger partial charge in [0, 0.05) is 19.3 Å². The summed E-state index contributed by atoms with van der Waals surface area (Å²) in [5.74, 6) is -0.955. The van der Waals surface area contributed by atoms with E-state index in [0.717, 1.165) is 122 Å². The summed E-state index contributed by atoms with van der Waals surface area (Å²) < 4.78 is 16.7. The van der Waals surface area contributed by atoms with Gasteiger partial charge in [-0.25, -0.2) is 0 Å². The fourth-order valence-corrected chi connectivity index (χ4v) is 7.14. The quantitative estimate of drug-likeness (QED) is 0.0262. The van der Waals surface area contributed by atoms with Crippen molar-refractivity contribution >= 4 is 17.9 Å². The van der Waals surface area contributed by atoms with Crippen LogP contribution >= 0.6 is 0 Å². The second-order valence-corrected chi connectivity index (χ2v) is 17.8. The molecule has 0 saturated carbocycles. The summed E-state index contributed by atoms with van der Waals surface area (Å²) in [6.45, 7) is 6.42. The first-order valence-corrected chi connectivity index (χ1v) is 27.4. The number of carbonyl (C=O) groups excluding carboxylic acids is 3. The molecule has 67 heavy (non-hydrogen) atoms. The summed E-state index contributed by atoms with van der Waals surface area (Å²) in [6, 6.07) is 0. The smallest absolute Gasteiger partial charge is 0.306 e. The van der Waals surface area contributed by atoms with Gasteiger partial charge in [0.05, 0.1) is 0 Å². The fourth-order valence-electron chi connectivity index (χ4n) is 7.14. The Bertz CT molecular complexity index is 1390. The topological polar surface area (TPSA) is 78.9 Å². The molecule has 0 aliphatic rings. The van der Waals surface area contributed by atoms with Crippen molar-refractivity contribution in [1.82, 2.24) is 0 Å². The third-order valence-electron chi connectivity index (χ3n) is 11.3. The highest BCUT2D eigenvalue weighted by Gasteiger charge is 2.19. The van der Waals surface area contributed by atoms with Crippen molar-refractivity contribution in [3.8, 4) is 0 Å². The Morgan fingerprint density at radius 3 is 1.00 bits per heavy atom. The molecular formula is C61H100O6. The Kier molecular flexibility index (Phi) is 51.5. The maximum Gasteiger partial charge on any atom is 0.306 e. The molecule has 0 radical (unpaired) electrons.